The molecule has 1 amide bonds. The standard InChI is InChI=1S/C38H47FN8O4/c1-24-8-6-5-7-13-44-14-15-45(38(50)35(44)34(24)39)36-31(21-48)30(11-12-40-36)27-16-32(37(49)43(4)20-27)42-33-10-9-28(17-41-33)46-18-26(3)47(19-25(46)2)29-22-51-23-29/h9-12,16-17,20,25-26,29,48H,1,5-8,13-15,18-19,21-23H2,2-4H3,(H,41,42)/t25-,26+/m0/s1. The molecule has 2 N–H and O–H groups in total. The smallest absolute Gasteiger partial charge is 0.278 e. The monoisotopic (exact) mass is 698 g/mol. The third-order valence-corrected chi connectivity index (χ3v) is 10.7. The van der Waals surface area contributed by atoms with Crippen molar-refractivity contribution >= 4 is 28.9 Å². The normalized spacial score (nSPS) is 22.3. The number of carbonyl (C=O) groups excluding carboxylic acids is 1. The van der Waals surface area contributed by atoms with E-state index in [0.29, 0.717) is 71.4 Å². The zero-order valence-corrected chi connectivity index (χ0v) is 29.6. The first kappa shape index (κ1) is 34.8. The van der Waals surface area contributed by atoms with E-state index in [1.807, 2.05) is 23.2 Å². The van der Waals surface area contributed by atoms with Crippen LogP contribution in [0.2, 0.25) is 0 Å². The van der Waals surface area contributed by atoms with Crippen molar-refractivity contribution in [3.05, 3.63) is 82.4 Å². The lowest BCUT2D eigenvalue weighted by Gasteiger charge is -2.50. The van der Waals surface area contributed by atoms with Crippen LogP contribution < -0.4 is 20.7 Å². The van der Waals surface area contributed by atoms with Crippen molar-refractivity contribution in [1.29, 1.82) is 0 Å². The minimum absolute atomic E-state index is 0.00588. The molecular formula is C38H47FN8O4. The summed E-state index contributed by atoms with van der Waals surface area (Å²) in [6.07, 6.45) is 8.22. The van der Waals surface area contributed by atoms with Gasteiger partial charge in [-0.3, -0.25) is 19.4 Å². The van der Waals surface area contributed by atoms with Crippen LogP contribution in [0.3, 0.4) is 0 Å². The summed E-state index contributed by atoms with van der Waals surface area (Å²) in [5.41, 5.74) is 3.04. The highest BCUT2D eigenvalue weighted by atomic mass is 19.1. The summed E-state index contributed by atoms with van der Waals surface area (Å²) in [4.78, 5) is 44.6. The maximum atomic E-state index is 15.7. The summed E-state index contributed by atoms with van der Waals surface area (Å²) < 4.78 is 22.6. The van der Waals surface area contributed by atoms with Gasteiger partial charge in [-0.05, 0) is 68.5 Å². The highest BCUT2D eigenvalue weighted by molar-refractivity contribution is 6.07. The van der Waals surface area contributed by atoms with Crippen molar-refractivity contribution < 1.29 is 19.0 Å². The van der Waals surface area contributed by atoms with Crippen LogP contribution in [-0.4, -0.2) is 99.4 Å². The average Bonchev–Trinajstić information content (AvgIpc) is 3.17. The highest BCUT2D eigenvalue weighted by Crippen LogP contribution is 2.35. The van der Waals surface area contributed by atoms with Gasteiger partial charge in [0, 0.05) is 75.4 Å². The van der Waals surface area contributed by atoms with Gasteiger partial charge in [0.1, 0.15) is 23.0 Å². The molecule has 0 aliphatic carbocycles. The molecule has 2 atom stereocenters. The molecule has 3 aromatic rings. The van der Waals surface area contributed by atoms with Crippen molar-refractivity contribution in [3.8, 4) is 11.1 Å². The molecular weight excluding hydrogens is 651 g/mol. The molecule has 3 fully saturated rings. The number of nitrogens with zero attached hydrogens (tertiary/aromatic N) is 7. The number of aromatic nitrogens is 3. The number of fused-ring (bicyclic) bond motifs is 1. The fraction of sp³-hybridized carbons (Fsp3) is 0.474. The van der Waals surface area contributed by atoms with Crippen LogP contribution in [0.15, 0.2) is 71.3 Å². The van der Waals surface area contributed by atoms with E-state index in [-0.39, 0.29) is 23.6 Å². The molecule has 7 heterocycles. The predicted molar refractivity (Wildman–Crippen MR) is 196 cm³/mol. The average molecular weight is 699 g/mol. The molecule has 7 rings (SSSR count). The Morgan fingerprint density at radius 2 is 1.86 bits per heavy atom. The number of hydrogen-bond donors (Lipinski definition) is 2. The van der Waals surface area contributed by atoms with E-state index in [9.17, 15) is 14.7 Å². The molecule has 4 aliphatic heterocycles. The summed E-state index contributed by atoms with van der Waals surface area (Å²) >= 11 is 0. The summed E-state index contributed by atoms with van der Waals surface area (Å²) in [6.45, 7) is 12.7. The first-order chi connectivity index (χ1) is 24.6. The fourth-order valence-corrected chi connectivity index (χ4v) is 7.74. The second-order valence-corrected chi connectivity index (χ2v) is 14.2. The molecule has 12 nitrogen and oxygen atoms in total. The number of aliphatic hydroxyl groups is 1. The van der Waals surface area contributed by atoms with Gasteiger partial charge in [0.25, 0.3) is 11.5 Å². The lowest BCUT2D eigenvalue weighted by Crippen LogP contribution is -2.63. The number of anilines is 4. The number of hydrogen-bond acceptors (Lipinski definition) is 10. The van der Waals surface area contributed by atoms with E-state index in [1.54, 1.807) is 31.6 Å². The zero-order valence-electron chi connectivity index (χ0n) is 29.6. The summed E-state index contributed by atoms with van der Waals surface area (Å²) in [5, 5.41) is 13.9. The first-order valence-corrected chi connectivity index (χ1v) is 17.9. The minimum Gasteiger partial charge on any atom is -0.392 e. The van der Waals surface area contributed by atoms with Crippen molar-refractivity contribution in [2.75, 3.05) is 61.1 Å². The number of rotatable bonds is 7. The number of aliphatic hydroxyl groups excluding tert-OH is 1. The van der Waals surface area contributed by atoms with E-state index in [2.05, 4.69) is 45.5 Å². The summed E-state index contributed by atoms with van der Waals surface area (Å²) in [5.74, 6) is -0.296. The molecule has 0 saturated carbocycles. The maximum absolute atomic E-state index is 15.7. The molecule has 0 bridgehead atoms. The molecule has 0 radical (unpaired) electrons. The second kappa shape index (κ2) is 14.6. The van der Waals surface area contributed by atoms with Crippen LogP contribution in [0.5, 0.6) is 0 Å². The lowest BCUT2D eigenvalue weighted by molar-refractivity contribution is -0.118. The molecule has 0 spiro atoms. The molecule has 13 heteroatoms. The molecule has 270 valence electrons. The Bertz CT molecular complexity index is 1890. The fourth-order valence-electron chi connectivity index (χ4n) is 7.74. The Morgan fingerprint density at radius 3 is 2.59 bits per heavy atom. The van der Waals surface area contributed by atoms with Gasteiger partial charge in [-0.1, -0.05) is 13.0 Å². The van der Waals surface area contributed by atoms with Crippen molar-refractivity contribution in [3.63, 3.8) is 0 Å². The van der Waals surface area contributed by atoms with Gasteiger partial charge in [0.15, 0.2) is 5.83 Å². The molecule has 3 saturated heterocycles. The molecule has 0 unspecified atom stereocenters. The molecule has 4 aliphatic rings. The van der Waals surface area contributed by atoms with Crippen molar-refractivity contribution in [2.45, 2.75) is 64.3 Å². The van der Waals surface area contributed by atoms with Crippen LogP contribution in [0.4, 0.5) is 27.4 Å². The Hall–Kier alpha value is -4.59. The van der Waals surface area contributed by atoms with Crippen molar-refractivity contribution in [2.24, 2.45) is 7.05 Å². The van der Waals surface area contributed by atoms with Crippen LogP contribution >= 0.6 is 0 Å². The second-order valence-electron chi connectivity index (χ2n) is 14.2. The zero-order chi connectivity index (χ0) is 35.8. The van der Waals surface area contributed by atoms with Gasteiger partial charge < -0.3 is 29.5 Å². The third kappa shape index (κ3) is 6.77. The van der Waals surface area contributed by atoms with Crippen molar-refractivity contribution in [1.82, 2.24) is 24.3 Å². The number of ether oxygens (including phenoxy) is 1. The SMILES string of the molecule is C=C1CCCCCN2CCN(c3nccc(-c4cc(Nc5ccc(N6C[C@@H](C)N(C7COC7)C[C@@H]6C)cn5)c(=O)n(C)c4)c3CO)C(=O)C2=C1F. The van der Waals surface area contributed by atoms with E-state index in [1.165, 1.54) is 9.47 Å². The number of carbonyl (C=O) groups is 1. The maximum Gasteiger partial charge on any atom is 0.278 e. The minimum atomic E-state index is -0.574. The van der Waals surface area contributed by atoms with Crippen LogP contribution in [-0.2, 0) is 23.2 Å². The van der Waals surface area contributed by atoms with Gasteiger partial charge in [0.2, 0.25) is 0 Å². The van der Waals surface area contributed by atoms with Gasteiger partial charge in [-0.15, -0.1) is 0 Å². The summed E-state index contributed by atoms with van der Waals surface area (Å²) in [7, 11) is 1.66. The Morgan fingerprint density at radius 1 is 1.04 bits per heavy atom. The van der Waals surface area contributed by atoms with Crippen LogP contribution in [0.25, 0.3) is 11.1 Å². The number of allylic oxidation sites excluding steroid dienone is 2. The lowest BCUT2D eigenvalue weighted by atomic mass is 10.0. The largest absolute Gasteiger partial charge is 0.392 e. The van der Waals surface area contributed by atoms with Gasteiger partial charge in [-0.25, -0.2) is 14.4 Å². The van der Waals surface area contributed by atoms with Gasteiger partial charge >= 0.3 is 0 Å². The number of amides is 1. The number of aryl methyl sites for hydroxylation is 1. The van der Waals surface area contributed by atoms with E-state index >= 15 is 4.39 Å². The van der Waals surface area contributed by atoms with E-state index < -0.39 is 18.3 Å². The third-order valence-electron chi connectivity index (χ3n) is 10.7. The van der Waals surface area contributed by atoms with Crippen LogP contribution in [0, 0.1) is 0 Å². The highest BCUT2D eigenvalue weighted by Gasteiger charge is 2.37. The van der Waals surface area contributed by atoms with Gasteiger partial charge in [0.05, 0.1) is 37.7 Å². The predicted octanol–water partition coefficient (Wildman–Crippen LogP) is 4.34. The molecule has 51 heavy (non-hydrogen) atoms. The van der Waals surface area contributed by atoms with Gasteiger partial charge in [-0.2, -0.15) is 0 Å². The quantitative estimate of drug-likeness (QED) is 0.369. The van der Waals surface area contributed by atoms with E-state index in [4.69, 9.17) is 4.74 Å². The number of halogens is 1. The number of pyridine rings is 3. The topological polar surface area (TPSA) is 119 Å². The molecule has 0 aromatic carbocycles. The Labute approximate surface area is 297 Å². The first-order valence-electron chi connectivity index (χ1n) is 17.9. The summed E-state index contributed by atoms with van der Waals surface area (Å²) in [6, 6.07) is 8.56. The van der Waals surface area contributed by atoms with E-state index in [0.717, 1.165) is 51.3 Å². The number of nitrogens with one attached hydrogen (secondary N) is 1. The Balaban J connectivity index is 1.14. The number of piperazine rings is 2. The van der Waals surface area contributed by atoms with Crippen LogP contribution in [0.1, 0.15) is 45.1 Å². The molecule has 3 aromatic heterocycles. The Kier molecular flexibility index (Phi) is 9.95.